The Morgan fingerprint density at radius 1 is 1.37 bits per heavy atom. The molecule has 19 heavy (non-hydrogen) atoms. The summed E-state index contributed by atoms with van der Waals surface area (Å²) in [7, 11) is 0. The Labute approximate surface area is 120 Å². The second kappa shape index (κ2) is 6.55. The van der Waals surface area contributed by atoms with Crippen LogP contribution < -0.4 is 10.2 Å². The minimum Gasteiger partial charge on any atom is -0.372 e. The van der Waals surface area contributed by atoms with Gasteiger partial charge in [0.05, 0.1) is 22.9 Å². The second-order valence-corrected chi connectivity index (χ2v) is 5.45. The van der Waals surface area contributed by atoms with Crippen LogP contribution in [-0.4, -0.2) is 36.8 Å². The summed E-state index contributed by atoms with van der Waals surface area (Å²) in [5.74, 6) is 0.985. The topological polar surface area (TPSA) is 37.4 Å². The average molecular weight is 284 g/mol. The fourth-order valence-electron chi connectivity index (χ4n) is 2.38. The Morgan fingerprint density at radius 3 is 2.68 bits per heavy atom. The highest BCUT2D eigenvalue weighted by atomic mass is 35.5. The maximum absolute atomic E-state index is 6.18. The fourth-order valence-corrected chi connectivity index (χ4v) is 2.55. The number of rotatable bonds is 4. The molecule has 1 aromatic heterocycles. The molecule has 1 N–H and O–H groups in total. The molecule has 0 saturated carbocycles. The van der Waals surface area contributed by atoms with Gasteiger partial charge in [0.1, 0.15) is 5.82 Å². The lowest BCUT2D eigenvalue weighted by atomic mass is 10.2. The van der Waals surface area contributed by atoms with Gasteiger partial charge in [0.25, 0.3) is 0 Å². The van der Waals surface area contributed by atoms with E-state index in [1.54, 1.807) is 0 Å². The van der Waals surface area contributed by atoms with Gasteiger partial charge in [0.15, 0.2) is 0 Å². The average Bonchev–Trinajstić information content (AvgIpc) is 2.36. The van der Waals surface area contributed by atoms with Crippen LogP contribution in [0.2, 0.25) is 5.02 Å². The van der Waals surface area contributed by atoms with Gasteiger partial charge in [-0.05, 0) is 32.5 Å². The zero-order valence-electron chi connectivity index (χ0n) is 11.8. The van der Waals surface area contributed by atoms with E-state index in [-0.39, 0.29) is 12.2 Å². The van der Waals surface area contributed by atoms with Gasteiger partial charge >= 0.3 is 0 Å². The van der Waals surface area contributed by atoms with E-state index >= 15 is 0 Å². The van der Waals surface area contributed by atoms with Crippen LogP contribution in [0.4, 0.5) is 5.82 Å². The van der Waals surface area contributed by atoms with E-state index in [0.717, 1.165) is 36.2 Å². The largest absolute Gasteiger partial charge is 0.372 e. The quantitative estimate of drug-likeness (QED) is 0.921. The van der Waals surface area contributed by atoms with Crippen LogP contribution in [0.15, 0.2) is 12.1 Å². The molecule has 0 radical (unpaired) electrons. The number of nitrogens with one attached hydrogen (secondary N) is 1. The van der Waals surface area contributed by atoms with Gasteiger partial charge in [-0.1, -0.05) is 18.5 Å². The number of ether oxygens (including phenoxy) is 1. The van der Waals surface area contributed by atoms with E-state index in [0.29, 0.717) is 6.54 Å². The van der Waals surface area contributed by atoms with Crippen LogP contribution in [0.5, 0.6) is 0 Å². The molecule has 0 aliphatic carbocycles. The first-order valence-electron chi connectivity index (χ1n) is 6.86. The second-order valence-electron chi connectivity index (χ2n) is 5.04. The third kappa shape index (κ3) is 3.81. The molecule has 106 valence electrons. The van der Waals surface area contributed by atoms with Gasteiger partial charge < -0.3 is 15.0 Å². The van der Waals surface area contributed by atoms with E-state index in [1.807, 2.05) is 12.1 Å². The molecule has 2 heterocycles. The van der Waals surface area contributed by atoms with E-state index < -0.39 is 0 Å². The number of hydrogen-bond donors (Lipinski definition) is 1. The summed E-state index contributed by atoms with van der Waals surface area (Å²) >= 11 is 6.18. The summed E-state index contributed by atoms with van der Waals surface area (Å²) in [6, 6.07) is 3.92. The molecule has 4 nitrogen and oxygen atoms in total. The molecule has 5 heteroatoms. The zero-order chi connectivity index (χ0) is 13.8. The number of hydrogen-bond acceptors (Lipinski definition) is 4. The summed E-state index contributed by atoms with van der Waals surface area (Å²) < 4.78 is 5.75. The first-order chi connectivity index (χ1) is 9.10. The molecule has 1 saturated heterocycles. The third-order valence-corrected chi connectivity index (χ3v) is 3.53. The van der Waals surface area contributed by atoms with Gasteiger partial charge in [0, 0.05) is 19.6 Å². The summed E-state index contributed by atoms with van der Waals surface area (Å²) in [6.45, 7) is 9.63. The summed E-state index contributed by atoms with van der Waals surface area (Å²) in [4.78, 5) is 6.95. The molecule has 0 spiro atoms. The van der Waals surface area contributed by atoms with Crippen molar-refractivity contribution in [2.75, 3.05) is 24.5 Å². The van der Waals surface area contributed by atoms with Crippen molar-refractivity contribution in [2.45, 2.75) is 39.5 Å². The first kappa shape index (κ1) is 14.6. The van der Waals surface area contributed by atoms with Crippen molar-refractivity contribution in [3.8, 4) is 0 Å². The molecule has 1 aliphatic heterocycles. The highest BCUT2D eigenvalue weighted by Crippen LogP contribution is 2.22. The molecular formula is C14H22ClN3O. The Morgan fingerprint density at radius 2 is 2.05 bits per heavy atom. The number of nitrogens with zero attached hydrogens (tertiary/aromatic N) is 2. The number of halogens is 1. The lowest BCUT2D eigenvalue weighted by Gasteiger charge is -2.36. The van der Waals surface area contributed by atoms with Gasteiger partial charge in [-0.3, -0.25) is 0 Å². The van der Waals surface area contributed by atoms with Crippen molar-refractivity contribution in [3.05, 3.63) is 22.8 Å². The highest BCUT2D eigenvalue weighted by Gasteiger charge is 2.23. The van der Waals surface area contributed by atoms with Crippen molar-refractivity contribution in [3.63, 3.8) is 0 Å². The Hall–Kier alpha value is -0.840. The molecule has 2 atom stereocenters. The number of anilines is 1. The van der Waals surface area contributed by atoms with Gasteiger partial charge in [-0.25, -0.2) is 4.98 Å². The lowest BCUT2D eigenvalue weighted by Crippen LogP contribution is -2.45. The van der Waals surface area contributed by atoms with E-state index in [4.69, 9.17) is 16.3 Å². The summed E-state index contributed by atoms with van der Waals surface area (Å²) in [5.41, 5.74) is 0.910. The van der Waals surface area contributed by atoms with Crippen molar-refractivity contribution in [2.24, 2.45) is 0 Å². The van der Waals surface area contributed by atoms with Crippen molar-refractivity contribution in [1.82, 2.24) is 10.3 Å². The summed E-state index contributed by atoms with van der Waals surface area (Å²) in [5, 5.41) is 3.98. The van der Waals surface area contributed by atoms with Crippen LogP contribution in [0.25, 0.3) is 0 Å². The van der Waals surface area contributed by atoms with E-state index in [1.165, 1.54) is 0 Å². The third-order valence-electron chi connectivity index (χ3n) is 3.19. The molecule has 1 aromatic rings. The van der Waals surface area contributed by atoms with Gasteiger partial charge in [-0.15, -0.1) is 0 Å². The number of aromatic nitrogens is 1. The van der Waals surface area contributed by atoms with Gasteiger partial charge in [-0.2, -0.15) is 0 Å². The van der Waals surface area contributed by atoms with Crippen molar-refractivity contribution >= 4 is 17.4 Å². The number of morpholine rings is 1. The highest BCUT2D eigenvalue weighted by molar-refractivity contribution is 6.31. The Balaban J connectivity index is 2.15. The molecule has 2 unspecified atom stereocenters. The molecule has 2 rings (SSSR count). The molecular weight excluding hydrogens is 262 g/mol. The Kier molecular flexibility index (Phi) is 5.02. The fraction of sp³-hybridized carbons (Fsp3) is 0.643. The van der Waals surface area contributed by atoms with Gasteiger partial charge in [0.2, 0.25) is 0 Å². The molecule has 0 bridgehead atoms. The standard InChI is InChI=1S/C14H22ClN3O/c1-4-16-7-13-12(15)5-6-14(17-13)18-8-10(2)19-11(3)9-18/h5-6,10-11,16H,4,7-9H2,1-3H3. The predicted octanol–water partition coefficient (Wildman–Crippen LogP) is 2.46. The van der Waals surface area contributed by atoms with Crippen LogP contribution in [0, 0.1) is 0 Å². The van der Waals surface area contributed by atoms with E-state index in [2.05, 4.69) is 36.0 Å². The number of pyridine rings is 1. The minimum atomic E-state index is 0.235. The maximum atomic E-state index is 6.18. The van der Waals surface area contributed by atoms with Crippen LogP contribution in [-0.2, 0) is 11.3 Å². The van der Waals surface area contributed by atoms with Crippen molar-refractivity contribution in [1.29, 1.82) is 0 Å². The normalized spacial score (nSPS) is 23.7. The molecule has 0 amide bonds. The van der Waals surface area contributed by atoms with Crippen LogP contribution in [0.1, 0.15) is 26.5 Å². The summed E-state index contributed by atoms with van der Waals surface area (Å²) in [6.07, 6.45) is 0.469. The smallest absolute Gasteiger partial charge is 0.129 e. The molecule has 1 aliphatic rings. The van der Waals surface area contributed by atoms with E-state index in [9.17, 15) is 0 Å². The zero-order valence-corrected chi connectivity index (χ0v) is 12.6. The SMILES string of the molecule is CCNCc1nc(N2CC(C)OC(C)C2)ccc1Cl. The first-order valence-corrected chi connectivity index (χ1v) is 7.24. The Bertz CT molecular complexity index is 417. The molecule has 1 fully saturated rings. The van der Waals surface area contributed by atoms with Crippen LogP contribution in [0.3, 0.4) is 0 Å². The predicted molar refractivity (Wildman–Crippen MR) is 78.8 cm³/mol. The van der Waals surface area contributed by atoms with Crippen LogP contribution >= 0.6 is 11.6 Å². The minimum absolute atomic E-state index is 0.235. The molecule has 0 aromatic carbocycles. The lowest BCUT2D eigenvalue weighted by molar-refractivity contribution is -0.00546. The maximum Gasteiger partial charge on any atom is 0.129 e. The van der Waals surface area contributed by atoms with Crippen molar-refractivity contribution < 1.29 is 4.74 Å². The monoisotopic (exact) mass is 283 g/mol.